The number of likely N-dealkylation sites (tertiary alicyclic amines) is 1. The first-order valence-corrected chi connectivity index (χ1v) is 8.01. The number of nitrogens with one attached hydrogen (secondary N) is 1. The number of thiazole rings is 1. The van der Waals surface area contributed by atoms with Crippen LogP contribution in [0.4, 0.5) is 5.13 Å². The SMILES string of the molecule is CCOC(=O)C1CCCN(Cc2cnc(NC(C)=O)s2)C1. The van der Waals surface area contributed by atoms with Crippen molar-refractivity contribution in [1.29, 1.82) is 0 Å². The molecule has 1 saturated heterocycles. The van der Waals surface area contributed by atoms with Gasteiger partial charge in [0, 0.05) is 31.1 Å². The van der Waals surface area contributed by atoms with E-state index in [-0.39, 0.29) is 17.8 Å². The summed E-state index contributed by atoms with van der Waals surface area (Å²) in [5.41, 5.74) is 0. The zero-order valence-corrected chi connectivity index (χ0v) is 13.2. The Bertz CT molecular complexity index is 503. The highest BCUT2D eigenvalue weighted by Gasteiger charge is 2.27. The molecule has 0 saturated carbocycles. The third-order valence-electron chi connectivity index (χ3n) is 3.34. The number of nitrogens with zero attached hydrogens (tertiary/aromatic N) is 2. The van der Waals surface area contributed by atoms with Gasteiger partial charge in [0.2, 0.25) is 5.91 Å². The summed E-state index contributed by atoms with van der Waals surface area (Å²) in [4.78, 5) is 30.3. The van der Waals surface area contributed by atoms with E-state index < -0.39 is 0 Å². The average molecular weight is 311 g/mol. The Morgan fingerprint density at radius 3 is 3.10 bits per heavy atom. The van der Waals surface area contributed by atoms with E-state index in [1.54, 1.807) is 6.20 Å². The van der Waals surface area contributed by atoms with E-state index in [0.717, 1.165) is 37.4 Å². The standard InChI is InChI=1S/C14H21N3O3S/c1-3-20-13(19)11-5-4-6-17(8-11)9-12-7-15-14(21-12)16-10(2)18/h7,11H,3-6,8-9H2,1-2H3,(H,15,16,18). The number of esters is 1. The average Bonchev–Trinajstić information content (AvgIpc) is 2.85. The van der Waals surface area contributed by atoms with Gasteiger partial charge in [0.25, 0.3) is 0 Å². The molecule has 1 N–H and O–H groups in total. The highest BCUT2D eigenvalue weighted by Crippen LogP contribution is 2.23. The number of aromatic nitrogens is 1. The number of ether oxygens (including phenoxy) is 1. The minimum atomic E-state index is -0.115. The fourth-order valence-electron chi connectivity index (χ4n) is 2.46. The Hall–Kier alpha value is -1.47. The third kappa shape index (κ3) is 4.78. The van der Waals surface area contributed by atoms with Crippen LogP contribution in [0.5, 0.6) is 0 Å². The first-order chi connectivity index (χ1) is 10.1. The zero-order valence-electron chi connectivity index (χ0n) is 12.4. The number of anilines is 1. The minimum absolute atomic E-state index is 0.0264. The van der Waals surface area contributed by atoms with E-state index in [1.807, 2.05) is 6.92 Å². The lowest BCUT2D eigenvalue weighted by Crippen LogP contribution is -2.38. The molecule has 0 spiro atoms. The first kappa shape index (κ1) is 15.9. The molecule has 1 amide bonds. The van der Waals surface area contributed by atoms with Gasteiger partial charge in [0.05, 0.1) is 12.5 Å². The van der Waals surface area contributed by atoms with Crippen molar-refractivity contribution in [3.05, 3.63) is 11.1 Å². The highest BCUT2D eigenvalue weighted by atomic mass is 32.1. The van der Waals surface area contributed by atoms with Gasteiger partial charge in [0.15, 0.2) is 5.13 Å². The number of carbonyl (C=O) groups is 2. The Morgan fingerprint density at radius 2 is 2.38 bits per heavy atom. The van der Waals surface area contributed by atoms with Gasteiger partial charge >= 0.3 is 5.97 Å². The predicted molar refractivity (Wildman–Crippen MR) is 81.1 cm³/mol. The van der Waals surface area contributed by atoms with Gasteiger partial charge in [-0.3, -0.25) is 14.5 Å². The number of amides is 1. The molecule has 0 bridgehead atoms. The molecule has 0 aliphatic carbocycles. The maximum Gasteiger partial charge on any atom is 0.310 e. The molecule has 2 heterocycles. The lowest BCUT2D eigenvalue weighted by molar-refractivity contribution is -0.150. The van der Waals surface area contributed by atoms with Gasteiger partial charge in [-0.05, 0) is 26.3 Å². The maximum absolute atomic E-state index is 11.8. The fourth-order valence-corrected chi connectivity index (χ4v) is 3.36. The van der Waals surface area contributed by atoms with Crippen LogP contribution < -0.4 is 5.32 Å². The molecule has 1 fully saturated rings. The smallest absolute Gasteiger partial charge is 0.310 e. The van der Waals surface area contributed by atoms with Gasteiger partial charge in [-0.1, -0.05) is 0 Å². The van der Waals surface area contributed by atoms with Crippen molar-refractivity contribution >= 4 is 28.3 Å². The highest BCUT2D eigenvalue weighted by molar-refractivity contribution is 7.15. The Balaban J connectivity index is 1.88. The van der Waals surface area contributed by atoms with E-state index in [4.69, 9.17) is 4.74 Å². The summed E-state index contributed by atoms with van der Waals surface area (Å²) >= 11 is 1.47. The van der Waals surface area contributed by atoms with Gasteiger partial charge < -0.3 is 10.1 Å². The van der Waals surface area contributed by atoms with E-state index in [1.165, 1.54) is 18.3 Å². The van der Waals surface area contributed by atoms with Gasteiger partial charge in [-0.25, -0.2) is 4.98 Å². The van der Waals surface area contributed by atoms with Crippen molar-refractivity contribution < 1.29 is 14.3 Å². The van der Waals surface area contributed by atoms with Crippen molar-refractivity contribution in [2.24, 2.45) is 5.92 Å². The fraction of sp³-hybridized carbons (Fsp3) is 0.643. The van der Waals surface area contributed by atoms with Crippen LogP contribution in [0.15, 0.2) is 6.20 Å². The molecule has 21 heavy (non-hydrogen) atoms. The van der Waals surface area contributed by atoms with Crippen molar-refractivity contribution in [2.45, 2.75) is 33.2 Å². The number of rotatable bonds is 5. The molecule has 6 nitrogen and oxygen atoms in total. The largest absolute Gasteiger partial charge is 0.466 e. The summed E-state index contributed by atoms with van der Waals surface area (Å²) in [6.07, 6.45) is 3.68. The molecule has 2 rings (SSSR count). The molecule has 0 aromatic carbocycles. The summed E-state index contributed by atoms with van der Waals surface area (Å²) in [5.74, 6) is -0.233. The Labute approximate surface area is 128 Å². The number of hydrogen-bond donors (Lipinski definition) is 1. The van der Waals surface area contributed by atoms with Crippen molar-refractivity contribution in [3.8, 4) is 0 Å². The summed E-state index contributed by atoms with van der Waals surface area (Å²) < 4.78 is 5.10. The summed E-state index contributed by atoms with van der Waals surface area (Å²) in [6, 6.07) is 0. The van der Waals surface area contributed by atoms with Crippen molar-refractivity contribution in [3.63, 3.8) is 0 Å². The molecule has 0 radical (unpaired) electrons. The summed E-state index contributed by atoms with van der Waals surface area (Å²) in [6.45, 7) is 6.20. The zero-order chi connectivity index (χ0) is 15.2. The summed E-state index contributed by atoms with van der Waals surface area (Å²) in [7, 11) is 0. The molecule has 1 unspecified atom stereocenters. The monoisotopic (exact) mass is 311 g/mol. The quantitative estimate of drug-likeness (QED) is 0.841. The van der Waals surface area contributed by atoms with Gasteiger partial charge in [-0.15, -0.1) is 11.3 Å². The molecule has 1 aromatic heterocycles. The second-order valence-corrected chi connectivity index (χ2v) is 6.25. The third-order valence-corrected chi connectivity index (χ3v) is 4.24. The predicted octanol–water partition coefficient (Wildman–Crippen LogP) is 1.88. The molecule has 1 atom stereocenters. The molecule has 116 valence electrons. The molecular formula is C14H21N3O3S. The molecular weight excluding hydrogens is 290 g/mol. The van der Waals surface area contributed by atoms with E-state index >= 15 is 0 Å². The van der Waals surface area contributed by atoms with E-state index in [0.29, 0.717) is 11.7 Å². The van der Waals surface area contributed by atoms with Crippen molar-refractivity contribution in [1.82, 2.24) is 9.88 Å². The number of hydrogen-bond acceptors (Lipinski definition) is 6. The minimum Gasteiger partial charge on any atom is -0.466 e. The van der Waals surface area contributed by atoms with Crippen LogP contribution in [-0.4, -0.2) is 41.5 Å². The lowest BCUT2D eigenvalue weighted by atomic mass is 9.98. The van der Waals surface area contributed by atoms with Gasteiger partial charge in [-0.2, -0.15) is 0 Å². The molecule has 1 aliphatic rings. The second-order valence-electron chi connectivity index (χ2n) is 5.14. The topological polar surface area (TPSA) is 71.5 Å². The lowest BCUT2D eigenvalue weighted by Gasteiger charge is -2.30. The number of carbonyl (C=O) groups excluding carboxylic acids is 2. The van der Waals surface area contributed by atoms with Crippen LogP contribution in [0.3, 0.4) is 0 Å². The Morgan fingerprint density at radius 1 is 1.57 bits per heavy atom. The van der Waals surface area contributed by atoms with Gasteiger partial charge in [0.1, 0.15) is 0 Å². The van der Waals surface area contributed by atoms with Crippen LogP contribution in [0, 0.1) is 5.92 Å². The normalized spacial score (nSPS) is 19.2. The van der Waals surface area contributed by atoms with Crippen LogP contribution in [0.2, 0.25) is 0 Å². The molecule has 1 aromatic rings. The summed E-state index contributed by atoms with van der Waals surface area (Å²) in [5, 5.41) is 3.30. The van der Waals surface area contributed by atoms with Crippen LogP contribution in [0.25, 0.3) is 0 Å². The van der Waals surface area contributed by atoms with E-state index in [9.17, 15) is 9.59 Å². The molecule has 1 aliphatic heterocycles. The first-order valence-electron chi connectivity index (χ1n) is 7.19. The van der Waals surface area contributed by atoms with Crippen LogP contribution in [0.1, 0.15) is 31.6 Å². The maximum atomic E-state index is 11.8. The molecule has 7 heteroatoms. The number of piperidine rings is 1. The van der Waals surface area contributed by atoms with Crippen molar-refractivity contribution in [2.75, 3.05) is 25.0 Å². The van der Waals surface area contributed by atoms with Crippen LogP contribution in [-0.2, 0) is 20.9 Å². The van der Waals surface area contributed by atoms with Crippen LogP contribution >= 0.6 is 11.3 Å². The Kier molecular flexibility index (Phi) is 5.69. The van der Waals surface area contributed by atoms with E-state index in [2.05, 4.69) is 15.2 Å². The second kappa shape index (κ2) is 7.51.